The van der Waals surface area contributed by atoms with E-state index in [1.165, 1.54) is 11.1 Å². The molecule has 0 unspecified atom stereocenters. The van der Waals surface area contributed by atoms with Crippen molar-refractivity contribution in [2.24, 2.45) is 0 Å². The van der Waals surface area contributed by atoms with Crippen LogP contribution in [-0.4, -0.2) is 28.0 Å². The number of carboxylic acids is 1. The summed E-state index contributed by atoms with van der Waals surface area (Å²) in [4.78, 5) is 17.9. The number of thiophene rings is 1. The summed E-state index contributed by atoms with van der Waals surface area (Å²) in [5, 5.41) is 8.89. The van der Waals surface area contributed by atoms with Gasteiger partial charge < -0.3 is 5.11 Å². The second-order valence-corrected chi connectivity index (χ2v) is 6.03. The molecule has 0 radical (unpaired) electrons. The molecule has 0 spiro atoms. The number of halogens is 1. The number of carboxylic acid groups (broad SMARTS) is 1. The predicted molar refractivity (Wildman–Crippen MR) is 75.7 cm³/mol. The van der Waals surface area contributed by atoms with Gasteiger partial charge in [0.15, 0.2) is 0 Å². The molecule has 0 aliphatic rings. The summed E-state index contributed by atoms with van der Waals surface area (Å²) < 4.78 is 0.778. The summed E-state index contributed by atoms with van der Waals surface area (Å²) in [5.74, 6) is -1.01. The Morgan fingerprint density at radius 1 is 1.42 bits per heavy atom. The Balaban J connectivity index is 2.00. The van der Waals surface area contributed by atoms with E-state index in [0.717, 1.165) is 16.4 Å². The molecule has 0 atom stereocenters. The van der Waals surface area contributed by atoms with Crippen molar-refractivity contribution >= 4 is 28.9 Å². The molecule has 2 heterocycles. The monoisotopic (exact) mass is 296 g/mol. The van der Waals surface area contributed by atoms with Gasteiger partial charge in [-0.3, -0.25) is 4.90 Å². The standard InChI is InChI=1S/C13H13ClN2O2S/c1-16(8-10-2-3-12(14)19-10)7-9-4-5-15-11(6-9)13(17)18/h2-6H,7-8H2,1H3,(H,17,18). The third-order valence-corrected chi connectivity index (χ3v) is 3.77. The first-order valence-electron chi connectivity index (χ1n) is 5.65. The Morgan fingerprint density at radius 2 is 2.21 bits per heavy atom. The lowest BCUT2D eigenvalue weighted by molar-refractivity contribution is 0.0690. The lowest BCUT2D eigenvalue weighted by Crippen LogP contribution is -2.17. The molecule has 4 nitrogen and oxygen atoms in total. The molecule has 0 saturated heterocycles. The first-order valence-corrected chi connectivity index (χ1v) is 6.85. The zero-order valence-corrected chi connectivity index (χ0v) is 11.9. The van der Waals surface area contributed by atoms with Crippen LogP contribution in [0.2, 0.25) is 4.34 Å². The minimum atomic E-state index is -1.01. The van der Waals surface area contributed by atoms with Gasteiger partial charge in [0.1, 0.15) is 5.69 Å². The number of pyridine rings is 1. The summed E-state index contributed by atoms with van der Waals surface area (Å²) in [6.07, 6.45) is 1.52. The highest BCUT2D eigenvalue weighted by Crippen LogP contribution is 2.22. The minimum Gasteiger partial charge on any atom is -0.477 e. The van der Waals surface area contributed by atoms with Crippen molar-refractivity contribution in [1.82, 2.24) is 9.88 Å². The van der Waals surface area contributed by atoms with Crippen LogP contribution in [0, 0.1) is 0 Å². The SMILES string of the molecule is CN(Cc1ccnc(C(=O)O)c1)Cc1ccc(Cl)s1. The van der Waals surface area contributed by atoms with Crippen LogP contribution in [-0.2, 0) is 13.1 Å². The Kier molecular flexibility index (Phi) is 4.52. The molecule has 1 N–H and O–H groups in total. The predicted octanol–water partition coefficient (Wildman–Crippen LogP) is 3.13. The van der Waals surface area contributed by atoms with Crippen molar-refractivity contribution in [1.29, 1.82) is 0 Å². The molecule has 0 aromatic carbocycles. The Morgan fingerprint density at radius 3 is 2.84 bits per heavy atom. The van der Waals surface area contributed by atoms with Crippen molar-refractivity contribution in [2.45, 2.75) is 13.1 Å². The Hall–Kier alpha value is -1.43. The molecule has 2 rings (SSSR count). The van der Waals surface area contributed by atoms with E-state index in [0.29, 0.717) is 6.54 Å². The highest BCUT2D eigenvalue weighted by Gasteiger charge is 2.08. The van der Waals surface area contributed by atoms with Crippen LogP contribution in [0.3, 0.4) is 0 Å². The first kappa shape index (κ1) is 14.0. The summed E-state index contributed by atoms with van der Waals surface area (Å²) in [7, 11) is 1.98. The number of hydrogen-bond acceptors (Lipinski definition) is 4. The van der Waals surface area contributed by atoms with Gasteiger partial charge >= 0.3 is 5.97 Å². The lowest BCUT2D eigenvalue weighted by atomic mass is 10.2. The van der Waals surface area contributed by atoms with Crippen molar-refractivity contribution in [2.75, 3.05) is 7.05 Å². The van der Waals surface area contributed by atoms with E-state index < -0.39 is 5.97 Å². The number of carbonyl (C=O) groups is 1. The quantitative estimate of drug-likeness (QED) is 0.921. The van der Waals surface area contributed by atoms with Crippen molar-refractivity contribution in [3.63, 3.8) is 0 Å². The van der Waals surface area contributed by atoms with E-state index in [-0.39, 0.29) is 5.69 Å². The second kappa shape index (κ2) is 6.14. The molecular formula is C13H13ClN2O2S. The number of aromatic carboxylic acids is 1. The van der Waals surface area contributed by atoms with Crippen LogP contribution >= 0.6 is 22.9 Å². The van der Waals surface area contributed by atoms with Crippen LogP contribution in [0.1, 0.15) is 20.9 Å². The fourth-order valence-electron chi connectivity index (χ4n) is 1.76. The molecule has 0 bridgehead atoms. The molecule has 0 saturated carbocycles. The van der Waals surface area contributed by atoms with E-state index in [2.05, 4.69) is 9.88 Å². The van der Waals surface area contributed by atoms with Gasteiger partial charge in [-0.25, -0.2) is 9.78 Å². The van der Waals surface area contributed by atoms with Gasteiger partial charge in [0.05, 0.1) is 4.34 Å². The molecule has 19 heavy (non-hydrogen) atoms. The van der Waals surface area contributed by atoms with E-state index in [9.17, 15) is 4.79 Å². The molecule has 0 fully saturated rings. The fraction of sp³-hybridized carbons (Fsp3) is 0.231. The fourth-order valence-corrected chi connectivity index (χ4v) is 2.93. The van der Waals surface area contributed by atoms with E-state index in [4.69, 9.17) is 16.7 Å². The smallest absolute Gasteiger partial charge is 0.354 e. The molecular weight excluding hydrogens is 284 g/mol. The average molecular weight is 297 g/mol. The van der Waals surface area contributed by atoms with E-state index in [1.807, 2.05) is 25.2 Å². The highest BCUT2D eigenvalue weighted by atomic mass is 35.5. The molecule has 100 valence electrons. The summed E-state index contributed by atoms with van der Waals surface area (Å²) in [6.45, 7) is 1.44. The van der Waals surface area contributed by atoms with Crippen molar-refractivity contribution in [3.8, 4) is 0 Å². The van der Waals surface area contributed by atoms with Crippen LogP contribution in [0.4, 0.5) is 0 Å². The van der Waals surface area contributed by atoms with Crippen molar-refractivity contribution in [3.05, 3.63) is 50.9 Å². The number of hydrogen-bond donors (Lipinski definition) is 1. The molecule has 2 aromatic rings. The van der Waals surface area contributed by atoms with Gasteiger partial charge in [0.2, 0.25) is 0 Å². The minimum absolute atomic E-state index is 0.0741. The maximum absolute atomic E-state index is 10.8. The topological polar surface area (TPSA) is 53.4 Å². The average Bonchev–Trinajstić information content (AvgIpc) is 2.74. The maximum atomic E-state index is 10.8. The van der Waals surface area contributed by atoms with Crippen LogP contribution < -0.4 is 0 Å². The normalized spacial score (nSPS) is 10.9. The second-order valence-electron chi connectivity index (χ2n) is 4.23. The molecule has 0 aliphatic heterocycles. The van der Waals surface area contributed by atoms with Gasteiger partial charge in [-0.1, -0.05) is 11.6 Å². The first-order chi connectivity index (χ1) is 9.04. The van der Waals surface area contributed by atoms with Crippen LogP contribution in [0.5, 0.6) is 0 Å². The highest BCUT2D eigenvalue weighted by molar-refractivity contribution is 7.16. The van der Waals surface area contributed by atoms with Gasteiger partial charge in [-0.05, 0) is 36.9 Å². The molecule has 6 heteroatoms. The van der Waals surface area contributed by atoms with Crippen molar-refractivity contribution < 1.29 is 9.90 Å². The number of rotatable bonds is 5. The third kappa shape index (κ3) is 4.02. The molecule has 2 aromatic heterocycles. The van der Waals surface area contributed by atoms with Crippen LogP contribution in [0.25, 0.3) is 0 Å². The molecule has 0 aliphatic carbocycles. The summed E-state index contributed by atoms with van der Waals surface area (Å²) in [5.41, 5.74) is 1.00. The Labute approximate surface area is 120 Å². The van der Waals surface area contributed by atoms with E-state index >= 15 is 0 Å². The largest absolute Gasteiger partial charge is 0.477 e. The van der Waals surface area contributed by atoms with Gasteiger partial charge in [0, 0.05) is 24.2 Å². The zero-order chi connectivity index (χ0) is 13.8. The van der Waals surface area contributed by atoms with E-state index in [1.54, 1.807) is 17.4 Å². The number of nitrogens with zero attached hydrogens (tertiary/aromatic N) is 2. The van der Waals surface area contributed by atoms with Gasteiger partial charge in [-0.15, -0.1) is 11.3 Å². The zero-order valence-electron chi connectivity index (χ0n) is 10.3. The Bertz CT molecular complexity index is 586. The van der Waals surface area contributed by atoms with Crippen LogP contribution in [0.15, 0.2) is 30.5 Å². The number of aromatic nitrogens is 1. The van der Waals surface area contributed by atoms with Gasteiger partial charge in [-0.2, -0.15) is 0 Å². The molecule has 0 amide bonds. The summed E-state index contributed by atoms with van der Waals surface area (Å²) >= 11 is 7.44. The van der Waals surface area contributed by atoms with Gasteiger partial charge in [0.25, 0.3) is 0 Å². The third-order valence-electron chi connectivity index (χ3n) is 2.55. The summed E-state index contributed by atoms with van der Waals surface area (Å²) in [6, 6.07) is 7.30. The lowest BCUT2D eigenvalue weighted by Gasteiger charge is -2.15. The maximum Gasteiger partial charge on any atom is 0.354 e.